The lowest BCUT2D eigenvalue weighted by molar-refractivity contribution is 0.342. The van der Waals surface area contributed by atoms with Crippen LogP contribution in [0.15, 0.2) is 42.5 Å². The van der Waals surface area contributed by atoms with Crippen molar-refractivity contribution in [2.75, 3.05) is 29.9 Å². The number of piperazine rings is 1. The van der Waals surface area contributed by atoms with E-state index in [-0.39, 0.29) is 0 Å². The fourth-order valence-electron chi connectivity index (χ4n) is 3.05. The number of nitrogens with zero attached hydrogens (tertiary/aromatic N) is 2. The average Bonchev–Trinajstić information content (AvgIpc) is 2.59. The van der Waals surface area contributed by atoms with Gasteiger partial charge in [0.25, 0.3) is 0 Å². The van der Waals surface area contributed by atoms with Crippen LogP contribution in [0.4, 0.5) is 11.4 Å². The Labute approximate surface area is 164 Å². The average molecular weight is 394 g/mol. The molecule has 1 unspecified atom stereocenters. The van der Waals surface area contributed by atoms with Gasteiger partial charge >= 0.3 is 0 Å². The molecule has 0 aromatic heterocycles. The number of hydrogen-bond acceptors (Lipinski definition) is 2. The van der Waals surface area contributed by atoms with Crippen LogP contribution in [0.1, 0.15) is 12.5 Å². The lowest BCUT2D eigenvalue weighted by atomic mass is 10.1. The van der Waals surface area contributed by atoms with E-state index in [9.17, 15) is 0 Å². The summed E-state index contributed by atoms with van der Waals surface area (Å²) in [5.74, 6) is 0. The largest absolute Gasteiger partial charge is 0.365 e. The molecular formula is C19H21Cl2N3S. The van der Waals surface area contributed by atoms with Gasteiger partial charge in [-0.15, -0.1) is 0 Å². The molecule has 3 rings (SSSR count). The number of anilines is 2. The van der Waals surface area contributed by atoms with Gasteiger partial charge in [-0.3, -0.25) is 0 Å². The standard InChI is InChI=1S/C19H21Cl2N3S/c1-13-3-6-16(7-4-13)24-10-9-23(12-14(24)2)19(25)22-18-11-15(20)5-8-17(18)21/h3-8,11,14H,9-10,12H2,1-2H3,(H,22,25). The molecule has 1 aliphatic heterocycles. The highest BCUT2D eigenvalue weighted by molar-refractivity contribution is 7.80. The highest BCUT2D eigenvalue weighted by atomic mass is 35.5. The zero-order valence-electron chi connectivity index (χ0n) is 14.3. The third kappa shape index (κ3) is 4.38. The number of nitrogens with one attached hydrogen (secondary N) is 1. The van der Waals surface area contributed by atoms with Gasteiger partial charge in [0.2, 0.25) is 0 Å². The third-order valence-corrected chi connectivity index (χ3v) is 5.38. The van der Waals surface area contributed by atoms with E-state index >= 15 is 0 Å². The second-order valence-electron chi connectivity index (χ2n) is 6.38. The molecule has 0 spiro atoms. The molecule has 1 heterocycles. The molecule has 2 aromatic carbocycles. The zero-order valence-corrected chi connectivity index (χ0v) is 16.6. The number of rotatable bonds is 2. The van der Waals surface area contributed by atoms with E-state index in [0.29, 0.717) is 21.2 Å². The summed E-state index contributed by atoms with van der Waals surface area (Å²) >= 11 is 17.8. The van der Waals surface area contributed by atoms with E-state index in [0.717, 1.165) is 25.3 Å². The van der Waals surface area contributed by atoms with Crippen LogP contribution in [-0.2, 0) is 0 Å². The maximum Gasteiger partial charge on any atom is 0.173 e. The minimum absolute atomic E-state index is 0.367. The normalized spacial score (nSPS) is 17.5. The molecule has 6 heteroatoms. The summed E-state index contributed by atoms with van der Waals surface area (Å²) in [4.78, 5) is 4.60. The number of aryl methyl sites for hydroxylation is 1. The van der Waals surface area contributed by atoms with Crippen LogP contribution in [0.3, 0.4) is 0 Å². The number of benzene rings is 2. The maximum atomic E-state index is 6.22. The summed E-state index contributed by atoms with van der Waals surface area (Å²) in [6.07, 6.45) is 0. The number of halogens is 2. The molecule has 0 amide bonds. The van der Waals surface area contributed by atoms with E-state index in [2.05, 4.69) is 53.2 Å². The Balaban J connectivity index is 1.65. The van der Waals surface area contributed by atoms with Crippen molar-refractivity contribution in [3.8, 4) is 0 Å². The summed E-state index contributed by atoms with van der Waals surface area (Å²) in [5.41, 5.74) is 3.28. The molecule has 0 radical (unpaired) electrons. The summed E-state index contributed by atoms with van der Waals surface area (Å²) in [6.45, 7) is 6.98. The van der Waals surface area contributed by atoms with Gasteiger partial charge in [0.05, 0.1) is 10.7 Å². The van der Waals surface area contributed by atoms with Crippen molar-refractivity contribution in [1.82, 2.24) is 4.90 Å². The van der Waals surface area contributed by atoms with Crippen LogP contribution < -0.4 is 10.2 Å². The first-order valence-electron chi connectivity index (χ1n) is 8.28. The molecule has 3 nitrogen and oxygen atoms in total. The first-order chi connectivity index (χ1) is 11.9. The summed E-state index contributed by atoms with van der Waals surface area (Å²) < 4.78 is 0. The first-order valence-corrected chi connectivity index (χ1v) is 9.45. The van der Waals surface area contributed by atoms with Crippen LogP contribution in [-0.4, -0.2) is 35.7 Å². The molecule has 1 N–H and O–H groups in total. The lowest BCUT2D eigenvalue weighted by Gasteiger charge is -2.42. The van der Waals surface area contributed by atoms with Crippen LogP contribution in [0, 0.1) is 6.92 Å². The van der Waals surface area contributed by atoms with Gasteiger partial charge in [0.15, 0.2) is 5.11 Å². The Kier molecular flexibility index (Phi) is 5.72. The molecule has 0 saturated carbocycles. The van der Waals surface area contributed by atoms with Crippen molar-refractivity contribution >= 4 is 51.9 Å². The van der Waals surface area contributed by atoms with Crippen molar-refractivity contribution in [2.45, 2.75) is 19.9 Å². The molecule has 2 aromatic rings. The number of hydrogen-bond donors (Lipinski definition) is 1. The minimum Gasteiger partial charge on any atom is -0.365 e. The first kappa shape index (κ1) is 18.3. The second kappa shape index (κ2) is 7.81. The van der Waals surface area contributed by atoms with Crippen LogP contribution >= 0.6 is 35.4 Å². The summed E-state index contributed by atoms with van der Waals surface area (Å²) in [6, 6.07) is 14.4. The highest BCUT2D eigenvalue weighted by Gasteiger charge is 2.25. The molecule has 132 valence electrons. The molecule has 0 bridgehead atoms. The summed E-state index contributed by atoms with van der Waals surface area (Å²) in [5, 5.41) is 5.15. The van der Waals surface area contributed by atoms with Gasteiger partial charge < -0.3 is 15.1 Å². The fourth-order valence-corrected chi connectivity index (χ4v) is 3.66. The van der Waals surface area contributed by atoms with E-state index in [1.54, 1.807) is 18.2 Å². The Bertz CT molecular complexity index is 764. The quantitative estimate of drug-likeness (QED) is 0.705. The van der Waals surface area contributed by atoms with E-state index < -0.39 is 0 Å². The van der Waals surface area contributed by atoms with Gasteiger partial charge in [0.1, 0.15) is 0 Å². The predicted octanol–water partition coefficient (Wildman–Crippen LogP) is 5.21. The molecular weight excluding hydrogens is 373 g/mol. The fraction of sp³-hybridized carbons (Fsp3) is 0.316. The highest BCUT2D eigenvalue weighted by Crippen LogP contribution is 2.26. The molecule has 1 atom stereocenters. The monoisotopic (exact) mass is 393 g/mol. The molecule has 1 fully saturated rings. The van der Waals surface area contributed by atoms with E-state index in [1.165, 1.54) is 11.3 Å². The topological polar surface area (TPSA) is 18.5 Å². The van der Waals surface area contributed by atoms with Crippen molar-refractivity contribution in [3.63, 3.8) is 0 Å². The molecule has 1 aliphatic rings. The molecule has 0 aliphatic carbocycles. The Morgan fingerprint density at radius 3 is 2.52 bits per heavy atom. The van der Waals surface area contributed by atoms with E-state index in [1.807, 2.05) is 0 Å². The van der Waals surface area contributed by atoms with Crippen LogP contribution in [0.5, 0.6) is 0 Å². The Morgan fingerprint density at radius 1 is 1.12 bits per heavy atom. The van der Waals surface area contributed by atoms with Gasteiger partial charge in [-0.2, -0.15) is 0 Å². The van der Waals surface area contributed by atoms with Crippen molar-refractivity contribution in [2.24, 2.45) is 0 Å². The predicted molar refractivity (Wildman–Crippen MR) is 112 cm³/mol. The van der Waals surface area contributed by atoms with Gasteiger partial charge in [0, 0.05) is 36.4 Å². The zero-order chi connectivity index (χ0) is 18.0. The maximum absolute atomic E-state index is 6.22. The van der Waals surface area contributed by atoms with Crippen LogP contribution in [0.2, 0.25) is 10.0 Å². The minimum atomic E-state index is 0.367. The SMILES string of the molecule is Cc1ccc(N2CCN(C(=S)Nc3cc(Cl)ccc3Cl)CC2C)cc1. The Hall–Kier alpha value is -1.49. The number of thiocarbonyl (C=S) groups is 1. The lowest BCUT2D eigenvalue weighted by Crippen LogP contribution is -2.54. The van der Waals surface area contributed by atoms with Crippen molar-refractivity contribution in [1.29, 1.82) is 0 Å². The smallest absolute Gasteiger partial charge is 0.173 e. The molecule has 25 heavy (non-hydrogen) atoms. The second-order valence-corrected chi connectivity index (χ2v) is 7.61. The van der Waals surface area contributed by atoms with Crippen molar-refractivity contribution in [3.05, 3.63) is 58.1 Å². The third-order valence-electron chi connectivity index (χ3n) is 4.45. The molecule has 1 saturated heterocycles. The van der Waals surface area contributed by atoms with Gasteiger partial charge in [-0.05, 0) is 56.4 Å². The van der Waals surface area contributed by atoms with E-state index in [4.69, 9.17) is 35.4 Å². The van der Waals surface area contributed by atoms with Crippen LogP contribution in [0.25, 0.3) is 0 Å². The van der Waals surface area contributed by atoms with Gasteiger partial charge in [-0.25, -0.2) is 0 Å². The van der Waals surface area contributed by atoms with Crippen molar-refractivity contribution < 1.29 is 0 Å². The van der Waals surface area contributed by atoms with Gasteiger partial charge in [-0.1, -0.05) is 40.9 Å². The Morgan fingerprint density at radius 2 is 1.84 bits per heavy atom. The summed E-state index contributed by atoms with van der Waals surface area (Å²) in [7, 11) is 0.